The molecule has 0 atom stereocenters. The lowest BCUT2D eigenvalue weighted by molar-refractivity contribution is 0.186. The zero-order valence-corrected chi connectivity index (χ0v) is 11.8. The van der Waals surface area contributed by atoms with E-state index in [9.17, 15) is 4.79 Å². The van der Waals surface area contributed by atoms with Crippen LogP contribution < -0.4 is 5.32 Å². The molecule has 0 aromatic heterocycles. The van der Waals surface area contributed by atoms with Gasteiger partial charge in [-0.05, 0) is 37.0 Å². The van der Waals surface area contributed by atoms with E-state index in [2.05, 4.69) is 12.2 Å². The van der Waals surface area contributed by atoms with Crippen LogP contribution in [0, 0.1) is 5.92 Å². The Labute approximate surface area is 117 Å². The molecule has 3 nitrogen and oxygen atoms in total. The molecule has 1 aliphatic heterocycles. The number of benzene rings is 1. The van der Waals surface area contributed by atoms with Crippen molar-refractivity contribution in [3.05, 3.63) is 28.2 Å². The minimum absolute atomic E-state index is 0.105. The fourth-order valence-corrected chi connectivity index (χ4v) is 2.34. The van der Waals surface area contributed by atoms with Gasteiger partial charge in [-0.25, -0.2) is 4.79 Å². The van der Waals surface area contributed by atoms with Crippen molar-refractivity contribution < 1.29 is 4.79 Å². The summed E-state index contributed by atoms with van der Waals surface area (Å²) >= 11 is 11.9. The highest BCUT2D eigenvalue weighted by Crippen LogP contribution is 2.26. The molecule has 1 heterocycles. The average Bonchev–Trinajstić information content (AvgIpc) is 2.34. The Kier molecular flexibility index (Phi) is 4.36. The van der Waals surface area contributed by atoms with Crippen molar-refractivity contribution in [1.82, 2.24) is 4.90 Å². The molecule has 5 heteroatoms. The van der Waals surface area contributed by atoms with E-state index in [1.165, 1.54) is 0 Å². The van der Waals surface area contributed by atoms with Crippen LogP contribution in [0.2, 0.25) is 10.0 Å². The maximum Gasteiger partial charge on any atom is 0.321 e. The summed E-state index contributed by atoms with van der Waals surface area (Å²) < 4.78 is 0. The molecule has 1 saturated heterocycles. The standard InChI is InChI=1S/C13H16Cl2N2O/c1-9-4-6-17(7-5-9)13(18)16-12-8-10(14)2-3-11(12)15/h2-3,8-9H,4-7H2,1H3,(H,16,18). The lowest BCUT2D eigenvalue weighted by Crippen LogP contribution is -2.40. The quantitative estimate of drug-likeness (QED) is 0.822. The van der Waals surface area contributed by atoms with Gasteiger partial charge in [-0.1, -0.05) is 30.1 Å². The fraction of sp³-hybridized carbons (Fsp3) is 0.462. The van der Waals surface area contributed by atoms with Crippen LogP contribution >= 0.6 is 23.2 Å². The van der Waals surface area contributed by atoms with Crippen molar-refractivity contribution in [2.45, 2.75) is 19.8 Å². The van der Waals surface area contributed by atoms with E-state index in [-0.39, 0.29) is 6.03 Å². The molecule has 2 rings (SSSR count). The number of urea groups is 1. The molecule has 1 N–H and O–H groups in total. The largest absolute Gasteiger partial charge is 0.325 e. The van der Waals surface area contributed by atoms with Gasteiger partial charge in [0.2, 0.25) is 0 Å². The van der Waals surface area contributed by atoms with Crippen LogP contribution in [0.4, 0.5) is 10.5 Å². The topological polar surface area (TPSA) is 32.3 Å². The van der Waals surface area contributed by atoms with E-state index in [0.717, 1.165) is 25.9 Å². The molecule has 98 valence electrons. The van der Waals surface area contributed by atoms with Gasteiger partial charge in [0, 0.05) is 18.1 Å². The number of rotatable bonds is 1. The Bertz CT molecular complexity index is 443. The third kappa shape index (κ3) is 3.30. The number of anilines is 1. The predicted octanol–water partition coefficient (Wildman–Crippen LogP) is 4.26. The highest BCUT2D eigenvalue weighted by atomic mass is 35.5. The van der Waals surface area contributed by atoms with Gasteiger partial charge in [0.25, 0.3) is 0 Å². The van der Waals surface area contributed by atoms with E-state index in [4.69, 9.17) is 23.2 Å². The monoisotopic (exact) mass is 286 g/mol. The summed E-state index contributed by atoms with van der Waals surface area (Å²) in [6, 6.07) is 4.93. The van der Waals surface area contributed by atoms with Crippen molar-refractivity contribution in [3.63, 3.8) is 0 Å². The Balaban J connectivity index is 2.00. The second kappa shape index (κ2) is 5.81. The van der Waals surface area contributed by atoms with Crippen LogP contribution in [-0.4, -0.2) is 24.0 Å². The van der Waals surface area contributed by atoms with Gasteiger partial charge in [0.1, 0.15) is 0 Å². The van der Waals surface area contributed by atoms with Gasteiger partial charge in [0.05, 0.1) is 10.7 Å². The molecule has 2 amide bonds. The van der Waals surface area contributed by atoms with Crippen molar-refractivity contribution in [2.24, 2.45) is 5.92 Å². The summed E-state index contributed by atoms with van der Waals surface area (Å²) in [7, 11) is 0. The Morgan fingerprint density at radius 1 is 1.33 bits per heavy atom. The van der Waals surface area contributed by atoms with E-state index < -0.39 is 0 Å². The zero-order valence-electron chi connectivity index (χ0n) is 10.2. The Morgan fingerprint density at radius 2 is 2.00 bits per heavy atom. The highest BCUT2D eigenvalue weighted by Gasteiger charge is 2.20. The van der Waals surface area contributed by atoms with Crippen LogP contribution in [-0.2, 0) is 0 Å². The normalized spacial score (nSPS) is 16.7. The summed E-state index contributed by atoms with van der Waals surface area (Å²) in [5, 5.41) is 3.86. The minimum Gasteiger partial charge on any atom is -0.325 e. The smallest absolute Gasteiger partial charge is 0.321 e. The second-order valence-electron chi connectivity index (χ2n) is 4.72. The molecule has 1 aromatic rings. The number of halogens is 2. The van der Waals surface area contributed by atoms with Gasteiger partial charge in [0.15, 0.2) is 0 Å². The molecule has 0 radical (unpaired) electrons. The van der Waals surface area contributed by atoms with E-state index in [1.807, 2.05) is 4.90 Å². The number of carbonyl (C=O) groups is 1. The summed E-state index contributed by atoms with van der Waals surface area (Å²) in [4.78, 5) is 13.9. The summed E-state index contributed by atoms with van der Waals surface area (Å²) in [6.07, 6.45) is 2.10. The second-order valence-corrected chi connectivity index (χ2v) is 5.57. The van der Waals surface area contributed by atoms with Crippen LogP contribution in [0.15, 0.2) is 18.2 Å². The molecule has 1 fully saturated rings. The third-order valence-electron chi connectivity index (χ3n) is 3.24. The zero-order chi connectivity index (χ0) is 13.1. The van der Waals surface area contributed by atoms with Crippen molar-refractivity contribution >= 4 is 34.9 Å². The molecule has 1 aliphatic rings. The summed E-state index contributed by atoms with van der Waals surface area (Å²) in [5.41, 5.74) is 0.563. The molecule has 1 aromatic carbocycles. The summed E-state index contributed by atoms with van der Waals surface area (Å²) in [5.74, 6) is 0.698. The first-order valence-electron chi connectivity index (χ1n) is 6.07. The summed E-state index contributed by atoms with van der Waals surface area (Å²) in [6.45, 7) is 3.81. The molecule has 18 heavy (non-hydrogen) atoms. The number of amides is 2. The molecular weight excluding hydrogens is 271 g/mol. The lowest BCUT2D eigenvalue weighted by atomic mass is 10.00. The number of hydrogen-bond donors (Lipinski definition) is 1. The highest BCUT2D eigenvalue weighted by molar-refractivity contribution is 6.35. The van der Waals surface area contributed by atoms with Crippen LogP contribution in [0.3, 0.4) is 0 Å². The van der Waals surface area contributed by atoms with Crippen molar-refractivity contribution in [1.29, 1.82) is 0 Å². The van der Waals surface area contributed by atoms with Crippen molar-refractivity contribution in [2.75, 3.05) is 18.4 Å². The number of piperidine rings is 1. The number of nitrogens with zero attached hydrogens (tertiary/aromatic N) is 1. The number of carbonyl (C=O) groups excluding carboxylic acids is 1. The van der Waals surface area contributed by atoms with Crippen LogP contribution in [0.1, 0.15) is 19.8 Å². The van der Waals surface area contributed by atoms with E-state index >= 15 is 0 Å². The van der Waals surface area contributed by atoms with Gasteiger partial charge >= 0.3 is 6.03 Å². The van der Waals surface area contributed by atoms with E-state index in [0.29, 0.717) is 21.7 Å². The maximum absolute atomic E-state index is 12.1. The fourth-order valence-electron chi connectivity index (χ4n) is 2.00. The number of likely N-dealkylation sites (tertiary alicyclic amines) is 1. The van der Waals surface area contributed by atoms with Gasteiger partial charge in [-0.2, -0.15) is 0 Å². The molecule has 0 bridgehead atoms. The molecular formula is C13H16Cl2N2O. The first-order valence-corrected chi connectivity index (χ1v) is 6.83. The van der Waals surface area contributed by atoms with Crippen molar-refractivity contribution in [3.8, 4) is 0 Å². The van der Waals surface area contributed by atoms with Gasteiger partial charge in [-0.3, -0.25) is 0 Å². The molecule has 0 aliphatic carbocycles. The predicted molar refractivity (Wildman–Crippen MR) is 75.5 cm³/mol. The first kappa shape index (κ1) is 13.5. The SMILES string of the molecule is CC1CCN(C(=O)Nc2cc(Cl)ccc2Cl)CC1. The Hall–Kier alpha value is -0.930. The van der Waals surface area contributed by atoms with Gasteiger partial charge < -0.3 is 10.2 Å². The third-order valence-corrected chi connectivity index (χ3v) is 3.81. The number of nitrogens with one attached hydrogen (secondary N) is 1. The average molecular weight is 287 g/mol. The minimum atomic E-state index is -0.105. The molecule has 0 saturated carbocycles. The van der Waals surface area contributed by atoms with Crippen LogP contribution in [0.25, 0.3) is 0 Å². The lowest BCUT2D eigenvalue weighted by Gasteiger charge is -2.30. The Morgan fingerprint density at radius 3 is 2.67 bits per heavy atom. The maximum atomic E-state index is 12.1. The first-order chi connectivity index (χ1) is 8.56. The van der Waals surface area contributed by atoms with Gasteiger partial charge in [-0.15, -0.1) is 0 Å². The molecule has 0 spiro atoms. The number of hydrogen-bond acceptors (Lipinski definition) is 1. The van der Waals surface area contributed by atoms with Crippen LogP contribution in [0.5, 0.6) is 0 Å². The molecule has 0 unspecified atom stereocenters. The van der Waals surface area contributed by atoms with E-state index in [1.54, 1.807) is 18.2 Å².